The summed E-state index contributed by atoms with van der Waals surface area (Å²) in [7, 11) is 1.79. The number of hydrogen-bond donors (Lipinski definition) is 1. The minimum absolute atomic E-state index is 0.465. The minimum atomic E-state index is 0.465. The molecular formula is C7H15NO. The van der Waals surface area contributed by atoms with Crippen LogP contribution in [0.1, 0.15) is 19.3 Å². The molecule has 1 aliphatic rings. The molecule has 1 aliphatic heterocycles. The zero-order chi connectivity index (χ0) is 6.53. The summed E-state index contributed by atoms with van der Waals surface area (Å²) in [6.45, 7) is 2.20. The van der Waals surface area contributed by atoms with Crippen molar-refractivity contribution in [1.82, 2.24) is 5.32 Å². The van der Waals surface area contributed by atoms with E-state index in [1.807, 2.05) is 0 Å². The molecule has 1 saturated heterocycles. The van der Waals surface area contributed by atoms with Gasteiger partial charge in [-0.2, -0.15) is 0 Å². The largest absolute Gasteiger partial charge is 0.380 e. The highest BCUT2D eigenvalue weighted by Crippen LogP contribution is 2.05. The molecule has 0 radical (unpaired) electrons. The van der Waals surface area contributed by atoms with Gasteiger partial charge >= 0.3 is 0 Å². The van der Waals surface area contributed by atoms with Crippen molar-refractivity contribution in [2.24, 2.45) is 0 Å². The van der Waals surface area contributed by atoms with E-state index in [0.29, 0.717) is 6.10 Å². The molecule has 9 heavy (non-hydrogen) atoms. The van der Waals surface area contributed by atoms with E-state index < -0.39 is 0 Å². The average molecular weight is 129 g/mol. The zero-order valence-electron chi connectivity index (χ0n) is 6.02. The molecule has 0 aliphatic carbocycles. The molecule has 2 heteroatoms. The van der Waals surface area contributed by atoms with E-state index in [0.717, 1.165) is 6.54 Å². The maximum Gasteiger partial charge on any atom is 0.0695 e. The number of hydrogen-bond acceptors (Lipinski definition) is 2. The van der Waals surface area contributed by atoms with Crippen LogP contribution in [0.3, 0.4) is 0 Å². The Kier molecular flexibility index (Phi) is 3.01. The van der Waals surface area contributed by atoms with Gasteiger partial charge < -0.3 is 10.1 Å². The van der Waals surface area contributed by atoms with Gasteiger partial charge in [-0.15, -0.1) is 0 Å². The Balaban J connectivity index is 2.18. The molecule has 1 rings (SSSR count). The highest BCUT2D eigenvalue weighted by Gasteiger charge is 2.08. The van der Waals surface area contributed by atoms with Crippen molar-refractivity contribution in [2.45, 2.75) is 25.4 Å². The maximum atomic E-state index is 5.21. The van der Waals surface area contributed by atoms with Crippen LogP contribution in [-0.4, -0.2) is 26.3 Å². The Morgan fingerprint density at radius 1 is 1.44 bits per heavy atom. The molecule has 0 bridgehead atoms. The van der Waals surface area contributed by atoms with Crippen molar-refractivity contribution in [3.8, 4) is 0 Å². The van der Waals surface area contributed by atoms with Crippen molar-refractivity contribution in [3.05, 3.63) is 0 Å². The first-order valence-electron chi connectivity index (χ1n) is 3.67. The van der Waals surface area contributed by atoms with Gasteiger partial charge in [0.1, 0.15) is 0 Å². The molecule has 0 saturated carbocycles. The molecule has 0 unspecified atom stereocenters. The predicted molar refractivity (Wildman–Crippen MR) is 37.5 cm³/mol. The SMILES string of the molecule is CO[C@@H]1CCCCNC1. The van der Waals surface area contributed by atoms with Crippen LogP contribution in [0.15, 0.2) is 0 Å². The van der Waals surface area contributed by atoms with Crippen molar-refractivity contribution < 1.29 is 4.74 Å². The van der Waals surface area contributed by atoms with Crippen LogP contribution in [0, 0.1) is 0 Å². The maximum absolute atomic E-state index is 5.21. The molecule has 54 valence electrons. The second kappa shape index (κ2) is 3.85. The quantitative estimate of drug-likeness (QED) is 0.564. The molecule has 2 nitrogen and oxygen atoms in total. The predicted octanol–water partition coefficient (Wildman–Crippen LogP) is 0.775. The smallest absolute Gasteiger partial charge is 0.0695 e. The second-order valence-corrected chi connectivity index (χ2v) is 2.56. The van der Waals surface area contributed by atoms with E-state index in [1.165, 1.54) is 25.8 Å². The highest BCUT2D eigenvalue weighted by atomic mass is 16.5. The number of rotatable bonds is 1. The summed E-state index contributed by atoms with van der Waals surface area (Å²) >= 11 is 0. The molecule has 0 amide bonds. The molecule has 1 fully saturated rings. The van der Waals surface area contributed by atoms with Gasteiger partial charge in [0.2, 0.25) is 0 Å². The number of nitrogens with one attached hydrogen (secondary N) is 1. The van der Waals surface area contributed by atoms with Crippen molar-refractivity contribution in [1.29, 1.82) is 0 Å². The van der Waals surface area contributed by atoms with Crippen molar-refractivity contribution in [3.63, 3.8) is 0 Å². The first kappa shape index (κ1) is 7.03. The number of methoxy groups -OCH3 is 1. The third kappa shape index (κ3) is 2.33. The van der Waals surface area contributed by atoms with Crippen LogP contribution in [0.2, 0.25) is 0 Å². The average Bonchev–Trinajstić information content (AvgIpc) is 2.13. The molecule has 0 aromatic rings. The normalized spacial score (nSPS) is 29.7. The zero-order valence-corrected chi connectivity index (χ0v) is 6.02. The summed E-state index contributed by atoms with van der Waals surface area (Å²) in [5.74, 6) is 0. The summed E-state index contributed by atoms with van der Waals surface area (Å²) in [4.78, 5) is 0. The van der Waals surface area contributed by atoms with Gasteiger partial charge in [0.15, 0.2) is 0 Å². The summed E-state index contributed by atoms with van der Waals surface area (Å²) in [6, 6.07) is 0. The summed E-state index contributed by atoms with van der Waals surface area (Å²) < 4.78 is 5.21. The van der Waals surface area contributed by atoms with Crippen molar-refractivity contribution >= 4 is 0 Å². The lowest BCUT2D eigenvalue weighted by atomic mass is 10.2. The second-order valence-electron chi connectivity index (χ2n) is 2.56. The fourth-order valence-corrected chi connectivity index (χ4v) is 1.19. The fraction of sp³-hybridized carbons (Fsp3) is 1.00. The Labute approximate surface area is 56.6 Å². The molecular weight excluding hydrogens is 114 g/mol. The van der Waals surface area contributed by atoms with Gasteiger partial charge in [0.05, 0.1) is 6.10 Å². The van der Waals surface area contributed by atoms with Gasteiger partial charge in [-0.25, -0.2) is 0 Å². The van der Waals surface area contributed by atoms with Gasteiger partial charge in [0, 0.05) is 13.7 Å². The Morgan fingerprint density at radius 2 is 2.33 bits per heavy atom. The Bertz CT molecular complexity index is 67.3. The summed E-state index contributed by atoms with van der Waals surface area (Å²) in [6.07, 6.45) is 4.31. The van der Waals surface area contributed by atoms with Gasteiger partial charge in [-0.1, -0.05) is 0 Å². The molecule has 0 spiro atoms. The van der Waals surface area contributed by atoms with E-state index >= 15 is 0 Å². The molecule has 0 aromatic carbocycles. The van der Waals surface area contributed by atoms with Gasteiger partial charge in [-0.05, 0) is 25.8 Å². The minimum Gasteiger partial charge on any atom is -0.380 e. The van der Waals surface area contributed by atoms with E-state index in [9.17, 15) is 0 Å². The molecule has 1 heterocycles. The molecule has 0 aromatic heterocycles. The van der Waals surface area contributed by atoms with Crippen LogP contribution in [0.25, 0.3) is 0 Å². The standard InChI is InChI=1S/C7H15NO/c1-9-7-4-2-3-5-8-6-7/h7-8H,2-6H2,1H3/t7-/m1/s1. The van der Waals surface area contributed by atoms with E-state index in [-0.39, 0.29) is 0 Å². The van der Waals surface area contributed by atoms with Gasteiger partial charge in [0.25, 0.3) is 0 Å². The van der Waals surface area contributed by atoms with Crippen LogP contribution in [-0.2, 0) is 4.74 Å². The molecule has 1 atom stereocenters. The Morgan fingerprint density at radius 3 is 3.11 bits per heavy atom. The van der Waals surface area contributed by atoms with E-state index in [4.69, 9.17) is 4.74 Å². The van der Waals surface area contributed by atoms with Crippen LogP contribution < -0.4 is 5.32 Å². The van der Waals surface area contributed by atoms with Crippen LogP contribution in [0.5, 0.6) is 0 Å². The fourth-order valence-electron chi connectivity index (χ4n) is 1.19. The monoisotopic (exact) mass is 129 g/mol. The van der Waals surface area contributed by atoms with E-state index in [1.54, 1.807) is 7.11 Å². The Hall–Kier alpha value is -0.0800. The number of ether oxygens (including phenoxy) is 1. The third-order valence-corrected chi connectivity index (χ3v) is 1.83. The molecule has 1 N–H and O–H groups in total. The lowest BCUT2D eigenvalue weighted by molar-refractivity contribution is 0.0989. The summed E-state index contributed by atoms with van der Waals surface area (Å²) in [5.41, 5.74) is 0. The van der Waals surface area contributed by atoms with Crippen LogP contribution >= 0.6 is 0 Å². The van der Waals surface area contributed by atoms with E-state index in [2.05, 4.69) is 5.32 Å². The van der Waals surface area contributed by atoms with Gasteiger partial charge in [-0.3, -0.25) is 0 Å². The van der Waals surface area contributed by atoms with Crippen molar-refractivity contribution in [2.75, 3.05) is 20.2 Å². The first-order valence-corrected chi connectivity index (χ1v) is 3.67. The lowest BCUT2D eigenvalue weighted by Crippen LogP contribution is -2.25. The lowest BCUT2D eigenvalue weighted by Gasteiger charge is -2.10. The van der Waals surface area contributed by atoms with Crippen LogP contribution in [0.4, 0.5) is 0 Å². The third-order valence-electron chi connectivity index (χ3n) is 1.83. The topological polar surface area (TPSA) is 21.3 Å². The first-order chi connectivity index (χ1) is 4.43. The summed E-state index contributed by atoms with van der Waals surface area (Å²) in [5, 5.41) is 3.32. The highest BCUT2D eigenvalue weighted by molar-refractivity contribution is 4.65.